The van der Waals surface area contributed by atoms with Crippen molar-refractivity contribution in [3.8, 4) is 0 Å². The molecule has 2 aliphatic rings. The number of hydrogen-bond donors (Lipinski definition) is 1. The molecule has 8 heteroatoms. The second-order valence-corrected chi connectivity index (χ2v) is 7.43. The minimum absolute atomic E-state index is 0.0448. The summed E-state index contributed by atoms with van der Waals surface area (Å²) in [5.74, 6) is -5.70. The third-order valence-electron chi connectivity index (χ3n) is 5.04. The Morgan fingerprint density at radius 2 is 1.80 bits per heavy atom. The zero-order chi connectivity index (χ0) is 18.4. The Bertz CT molecular complexity index is 655. The van der Waals surface area contributed by atoms with Crippen molar-refractivity contribution < 1.29 is 22.4 Å². The fourth-order valence-corrected chi connectivity index (χ4v) is 3.72. The van der Waals surface area contributed by atoms with Crippen molar-refractivity contribution >= 4 is 11.7 Å². The largest absolute Gasteiger partial charge is 0.311 e. The molecule has 2 aliphatic carbocycles. The number of halogens is 4. The molecule has 2 fully saturated rings. The Hall–Kier alpha value is -1.60. The van der Waals surface area contributed by atoms with Gasteiger partial charge < -0.3 is 5.32 Å². The molecule has 0 radical (unpaired) electrons. The van der Waals surface area contributed by atoms with Crippen LogP contribution in [-0.4, -0.2) is 27.5 Å². The highest BCUT2D eigenvalue weighted by Crippen LogP contribution is 2.49. The van der Waals surface area contributed by atoms with Gasteiger partial charge in [-0.15, -0.1) is 0 Å². The van der Waals surface area contributed by atoms with Gasteiger partial charge in [-0.2, -0.15) is 5.10 Å². The lowest BCUT2D eigenvalue weighted by Crippen LogP contribution is -2.37. The van der Waals surface area contributed by atoms with Gasteiger partial charge in [0.2, 0.25) is 17.8 Å². The third kappa shape index (κ3) is 3.82. The number of hydrogen-bond acceptors (Lipinski definition) is 2. The molecule has 0 bridgehead atoms. The van der Waals surface area contributed by atoms with E-state index >= 15 is 0 Å². The van der Waals surface area contributed by atoms with Crippen LogP contribution in [0.4, 0.5) is 23.4 Å². The first-order valence-electron chi connectivity index (χ1n) is 8.73. The summed E-state index contributed by atoms with van der Waals surface area (Å²) in [6.45, 7) is 4.27. The number of alkyl halides is 4. The van der Waals surface area contributed by atoms with Crippen LogP contribution in [-0.2, 0) is 11.3 Å². The van der Waals surface area contributed by atoms with E-state index < -0.39 is 11.8 Å². The van der Waals surface area contributed by atoms with Gasteiger partial charge in [0.05, 0.1) is 5.69 Å². The first-order chi connectivity index (χ1) is 11.6. The molecule has 1 aromatic heterocycles. The highest BCUT2D eigenvalue weighted by atomic mass is 19.3. The van der Waals surface area contributed by atoms with Gasteiger partial charge in [0.1, 0.15) is 5.82 Å². The van der Waals surface area contributed by atoms with Crippen LogP contribution in [0.3, 0.4) is 0 Å². The van der Waals surface area contributed by atoms with Gasteiger partial charge in [-0.25, -0.2) is 22.2 Å². The van der Waals surface area contributed by atoms with Crippen molar-refractivity contribution in [3.63, 3.8) is 0 Å². The maximum Gasteiger partial charge on any atom is 0.249 e. The van der Waals surface area contributed by atoms with Crippen LogP contribution in [0.25, 0.3) is 0 Å². The zero-order valence-electron chi connectivity index (χ0n) is 14.4. The molecule has 4 nitrogen and oxygen atoms in total. The molecule has 0 saturated heterocycles. The number of anilines is 1. The Morgan fingerprint density at radius 3 is 2.32 bits per heavy atom. The lowest BCUT2D eigenvalue weighted by atomic mass is 9.78. The monoisotopic (exact) mass is 361 g/mol. The quantitative estimate of drug-likeness (QED) is 0.759. The van der Waals surface area contributed by atoms with Crippen LogP contribution < -0.4 is 5.32 Å². The van der Waals surface area contributed by atoms with Crippen molar-refractivity contribution in [2.75, 3.05) is 5.32 Å². The summed E-state index contributed by atoms with van der Waals surface area (Å²) in [7, 11) is 0. The van der Waals surface area contributed by atoms with E-state index in [9.17, 15) is 22.4 Å². The van der Waals surface area contributed by atoms with E-state index in [2.05, 4.69) is 10.4 Å². The Labute approximate surface area is 144 Å². The first kappa shape index (κ1) is 18.2. The summed E-state index contributed by atoms with van der Waals surface area (Å²) < 4.78 is 53.7. The first-order valence-corrected chi connectivity index (χ1v) is 8.73. The number of aryl methyl sites for hydroxylation is 1. The molecule has 25 heavy (non-hydrogen) atoms. The van der Waals surface area contributed by atoms with Crippen LogP contribution in [0.5, 0.6) is 0 Å². The fraction of sp³-hybridized carbons (Fsp3) is 0.765. The second kappa shape index (κ2) is 6.29. The highest BCUT2D eigenvalue weighted by Gasteiger charge is 2.48. The van der Waals surface area contributed by atoms with Crippen LogP contribution in [0.15, 0.2) is 0 Å². The number of aromatic nitrogens is 2. The molecule has 2 saturated carbocycles. The topological polar surface area (TPSA) is 46.9 Å². The van der Waals surface area contributed by atoms with Crippen LogP contribution in [0.2, 0.25) is 0 Å². The molecule has 0 aliphatic heterocycles. The normalized spacial score (nSPS) is 22.3. The van der Waals surface area contributed by atoms with E-state index in [1.54, 1.807) is 11.6 Å². The molecule has 3 rings (SSSR count). The number of carbonyl (C=O) groups excluding carboxylic acids is 1. The van der Waals surface area contributed by atoms with Gasteiger partial charge in [-0.05, 0) is 19.3 Å². The summed E-state index contributed by atoms with van der Waals surface area (Å²) in [5, 5.41) is 7.19. The maximum atomic E-state index is 13.2. The van der Waals surface area contributed by atoms with E-state index in [4.69, 9.17) is 0 Å². The van der Waals surface area contributed by atoms with E-state index in [1.807, 2.05) is 6.92 Å². The smallest absolute Gasteiger partial charge is 0.249 e. The van der Waals surface area contributed by atoms with Gasteiger partial charge in [0, 0.05) is 50.1 Å². The van der Waals surface area contributed by atoms with E-state index in [1.165, 1.54) is 0 Å². The number of amides is 1. The summed E-state index contributed by atoms with van der Waals surface area (Å²) in [6.07, 6.45) is -0.128. The van der Waals surface area contributed by atoms with Gasteiger partial charge in [-0.3, -0.25) is 4.79 Å². The van der Waals surface area contributed by atoms with E-state index in [0.717, 1.165) is 6.42 Å². The molecule has 0 atom stereocenters. The van der Waals surface area contributed by atoms with E-state index in [-0.39, 0.29) is 49.8 Å². The Balaban J connectivity index is 1.69. The molecule has 1 N–H and O–H groups in total. The average molecular weight is 361 g/mol. The van der Waals surface area contributed by atoms with Crippen molar-refractivity contribution in [2.24, 2.45) is 5.92 Å². The molecular weight excluding hydrogens is 338 g/mol. The van der Waals surface area contributed by atoms with Crippen molar-refractivity contribution in [3.05, 3.63) is 11.3 Å². The number of nitrogens with zero attached hydrogens (tertiary/aromatic N) is 2. The molecule has 0 unspecified atom stereocenters. The summed E-state index contributed by atoms with van der Waals surface area (Å²) in [6, 6.07) is 0. The predicted octanol–water partition coefficient (Wildman–Crippen LogP) is 4.49. The summed E-state index contributed by atoms with van der Waals surface area (Å²) >= 11 is 0. The van der Waals surface area contributed by atoms with Crippen molar-refractivity contribution in [1.29, 1.82) is 0 Å². The van der Waals surface area contributed by atoms with Crippen LogP contribution in [0, 0.1) is 12.8 Å². The Morgan fingerprint density at radius 1 is 1.20 bits per heavy atom. The zero-order valence-corrected chi connectivity index (χ0v) is 14.4. The lowest BCUT2D eigenvalue weighted by Gasteiger charge is -2.34. The molecule has 0 aromatic carbocycles. The highest BCUT2D eigenvalue weighted by molar-refractivity contribution is 5.91. The average Bonchev–Trinajstić information content (AvgIpc) is 2.72. The maximum absolute atomic E-state index is 13.2. The fourth-order valence-electron chi connectivity index (χ4n) is 3.72. The van der Waals surface area contributed by atoms with Crippen molar-refractivity contribution in [1.82, 2.24) is 9.78 Å². The third-order valence-corrected chi connectivity index (χ3v) is 5.04. The SMILES string of the molecule is CCCn1nc(C2CC(F)(F)C2)c(C)c1NC(=O)CC1CC(F)(F)C1. The lowest BCUT2D eigenvalue weighted by molar-refractivity contribution is -0.129. The number of nitrogens with one attached hydrogen (secondary N) is 1. The molecule has 1 amide bonds. The summed E-state index contributed by atoms with van der Waals surface area (Å²) in [5.41, 5.74) is 1.30. The molecule has 140 valence electrons. The summed E-state index contributed by atoms with van der Waals surface area (Å²) in [4.78, 5) is 12.2. The van der Waals surface area contributed by atoms with E-state index in [0.29, 0.717) is 23.6 Å². The standard InChI is InChI=1S/C17H23F4N3O/c1-3-4-24-15(22-13(25)5-11-6-16(18,19)7-11)10(2)14(23-24)12-8-17(20,21)9-12/h11-12H,3-9H2,1-2H3,(H,22,25). The van der Waals surface area contributed by atoms with Gasteiger partial charge in [-0.1, -0.05) is 6.92 Å². The van der Waals surface area contributed by atoms with Gasteiger partial charge >= 0.3 is 0 Å². The van der Waals surface area contributed by atoms with Crippen LogP contribution >= 0.6 is 0 Å². The second-order valence-electron chi connectivity index (χ2n) is 7.43. The molecular formula is C17H23F4N3O. The predicted molar refractivity (Wildman–Crippen MR) is 85.1 cm³/mol. The minimum atomic E-state index is -2.65. The number of rotatable bonds is 6. The number of carbonyl (C=O) groups is 1. The van der Waals surface area contributed by atoms with Crippen LogP contribution in [0.1, 0.15) is 62.6 Å². The Kier molecular flexibility index (Phi) is 4.58. The van der Waals surface area contributed by atoms with Crippen molar-refractivity contribution in [2.45, 2.75) is 76.7 Å². The van der Waals surface area contributed by atoms with Gasteiger partial charge in [0.25, 0.3) is 0 Å². The van der Waals surface area contributed by atoms with Gasteiger partial charge in [0.15, 0.2) is 0 Å². The minimum Gasteiger partial charge on any atom is -0.311 e. The molecule has 0 spiro atoms. The molecule has 1 heterocycles. The molecule has 1 aromatic rings.